The molecular weight excluding hydrogens is 444 g/mol. The van der Waals surface area contributed by atoms with Crippen LogP contribution in [0.5, 0.6) is 11.5 Å². The highest BCUT2D eigenvalue weighted by atomic mass is 16.5. The van der Waals surface area contributed by atoms with Gasteiger partial charge in [0.25, 0.3) is 5.91 Å². The highest BCUT2D eigenvalue weighted by molar-refractivity contribution is 5.94. The molecule has 0 unspecified atom stereocenters. The lowest BCUT2D eigenvalue weighted by atomic mass is 10.1. The Morgan fingerprint density at radius 2 is 1.37 bits per heavy atom. The Morgan fingerprint density at radius 1 is 0.686 bits per heavy atom. The Morgan fingerprint density at radius 3 is 2.03 bits per heavy atom. The number of ether oxygens (including phenoxy) is 2. The second-order valence-electron chi connectivity index (χ2n) is 8.53. The average Bonchev–Trinajstić information content (AvgIpc) is 2.79. The molecule has 0 radical (unpaired) electrons. The van der Waals surface area contributed by atoms with Gasteiger partial charge in [-0.25, -0.2) is 0 Å². The quantitative estimate of drug-likeness (QED) is 0.393. The molecule has 3 rings (SSSR count). The molecule has 2 N–H and O–H groups in total. The summed E-state index contributed by atoms with van der Waals surface area (Å²) in [6, 6.07) is 18.6. The highest BCUT2D eigenvalue weighted by Crippen LogP contribution is 2.25. The van der Waals surface area contributed by atoms with Gasteiger partial charge in [-0.05, 0) is 86.8 Å². The zero-order valence-corrected chi connectivity index (χ0v) is 20.4. The van der Waals surface area contributed by atoms with Crippen molar-refractivity contribution < 1.29 is 23.9 Å². The summed E-state index contributed by atoms with van der Waals surface area (Å²) < 4.78 is 10.8. The third-order valence-electron chi connectivity index (χ3n) is 5.15. The molecule has 2 amide bonds. The summed E-state index contributed by atoms with van der Waals surface area (Å²) in [4.78, 5) is 36.1. The zero-order valence-electron chi connectivity index (χ0n) is 20.4. The predicted octanol–water partition coefficient (Wildman–Crippen LogP) is 5.61. The van der Waals surface area contributed by atoms with E-state index in [1.54, 1.807) is 30.3 Å². The summed E-state index contributed by atoms with van der Waals surface area (Å²) in [6.07, 6.45) is -0.186. The summed E-state index contributed by atoms with van der Waals surface area (Å²) in [5, 5.41) is 5.44. The molecule has 0 saturated carbocycles. The van der Waals surface area contributed by atoms with Crippen molar-refractivity contribution >= 4 is 29.2 Å². The van der Waals surface area contributed by atoms with Crippen LogP contribution in [0, 0.1) is 27.7 Å². The number of amides is 2. The van der Waals surface area contributed by atoms with Gasteiger partial charge < -0.3 is 20.1 Å². The number of benzene rings is 3. The lowest BCUT2D eigenvalue weighted by Gasteiger charge is -2.10. The van der Waals surface area contributed by atoms with Crippen molar-refractivity contribution in [2.24, 2.45) is 0 Å². The number of carbonyl (C=O) groups excluding carboxylic acids is 3. The first kappa shape index (κ1) is 25.5. The lowest BCUT2D eigenvalue weighted by Crippen LogP contribution is -2.22. The lowest BCUT2D eigenvalue weighted by molar-refractivity contribution is -0.147. The average molecular weight is 475 g/mol. The molecule has 3 aromatic carbocycles. The van der Waals surface area contributed by atoms with E-state index in [1.807, 2.05) is 52.0 Å². The first-order chi connectivity index (χ1) is 16.7. The maximum Gasteiger partial charge on any atom is 0.306 e. The van der Waals surface area contributed by atoms with Crippen molar-refractivity contribution in [2.45, 2.75) is 40.5 Å². The van der Waals surface area contributed by atoms with E-state index >= 15 is 0 Å². The van der Waals surface area contributed by atoms with Crippen molar-refractivity contribution in [3.8, 4) is 11.5 Å². The van der Waals surface area contributed by atoms with Crippen LogP contribution in [-0.2, 0) is 19.1 Å². The highest BCUT2D eigenvalue weighted by Gasteiger charge is 2.12. The minimum Gasteiger partial charge on any atom is -0.457 e. The molecule has 0 fully saturated rings. The van der Waals surface area contributed by atoms with Crippen LogP contribution in [0.4, 0.5) is 11.4 Å². The molecule has 0 aliphatic rings. The van der Waals surface area contributed by atoms with Crippen LogP contribution in [0.2, 0.25) is 0 Å². The smallest absolute Gasteiger partial charge is 0.306 e. The fraction of sp³-hybridized carbons (Fsp3) is 0.250. The van der Waals surface area contributed by atoms with Crippen LogP contribution in [0.15, 0.2) is 60.7 Å². The number of nitrogens with one attached hydrogen (secondary N) is 2. The van der Waals surface area contributed by atoms with E-state index < -0.39 is 18.5 Å². The number of esters is 1. The van der Waals surface area contributed by atoms with E-state index in [9.17, 15) is 14.4 Å². The minimum absolute atomic E-state index is 0.0572. The van der Waals surface area contributed by atoms with E-state index in [2.05, 4.69) is 16.7 Å². The van der Waals surface area contributed by atoms with E-state index in [1.165, 1.54) is 0 Å². The van der Waals surface area contributed by atoms with Crippen molar-refractivity contribution in [2.75, 3.05) is 17.2 Å². The normalized spacial score (nSPS) is 10.4. The van der Waals surface area contributed by atoms with Crippen LogP contribution in [-0.4, -0.2) is 24.4 Å². The molecule has 0 aromatic heterocycles. The minimum atomic E-state index is -0.617. The molecule has 0 aliphatic heterocycles. The Bertz CT molecular complexity index is 1200. The van der Waals surface area contributed by atoms with Crippen molar-refractivity contribution in [3.63, 3.8) is 0 Å². The van der Waals surface area contributed by atoms with Crippen molar-refractivity contribution in [3.05, 3.63) is 82.9 Å². The van der Waals surface area contributed by atoms with Gasteiger partial charge >= 0.3 is 5.97 Å². The predicted molar refractivity (Wildman–Crippen MR) is 136 cm³/mol. The molecule has 7 heteroatoms. The third kappa shape index (κ3) is 8.30. The summed E-state index contributed by atoms with van der Waals surface area (Å²) in [7, 11) is 0. The van der Waals surface area contributed by atoms with Gasteiger partial charge in [0.05, 0.1) is 6.42 Å². The number of hydrogen-bond donors (Lipinski definition) is 2. The molecule has 7 nitrogen and oxygen atoms in total. The van der Waals surface area contributed by atoms with Gasteiger partial charge in [0.15, 0.2) is 6.61 Å². The molecule has 0 atom stereocenters. The van der Waals surface area contributed by atoms with Crippen molar-refractivity contribution in [1.82, 2.24) is 0 Å². The van der Waals surface area contributed by atoms with Crippen LogP contribution in [0.1, 0.15) is 35.1 Å². The molecule has 0 saturated heterocycles. The maximum atomic E-state index is 12.2. The van der Waals surface area contributed by atoms with Crippen LogP contribution in [0.3, 0.4) is 0 Å². The Labute approximate surface area is 205 Å². The molecule has 0 aliphatic carbocycles. The fourth-order valence-corrected chi connectivity index (χ4v) is 3.53. The monoisotopic (exact) mass is 474 g/mol. The summed E-state index contributed by atoms with van der Waals surface area (Å²) in [5.41, 5.74) is 5.50. The molecule has 0 heterocycles. The molecule has 35 heavy (non-hydrogen) atoms. The molecule has 0 bridgehead atoms. The van der Waals surface area contributed by atoms with Gasteiger partial charge in [-0.1, -0.05) is 23.8 Å². The maximum absolute atomic E-state index is 12.2. The van der Waals surface area contributed by atoms with Crippen LogP contribution < -0.4 is 15.4 Å². The fourth-order valence-electron chi connectivity index (χ4n) is 3.53. The SMILES string of the molecule is Cc1cc(C)cc(Oc2ccc(NC(=O)CCC(=O)OCC(=O)Nc3ccc(C)cc3C)cc2)c1. The van der Waals surface area contributed by atoms with E-state index in [0.717, 1.165) is 28.0 Å². The largest absolute Gasteiger partial charge is 0.457 e. The number of rotatable bonds is 9. The molecule has 3 aromatic rings. The first-order valence-corrected chi connectivity index (χ1v) is 11.4. The van der Waals surface area contributed by atoms with E-state index in [4.69, 9.17) is 9.47 Å². The Kier molecular flexibility index (Phi) is 8.62. The van der Waals surface area contributed by atoms with Gasteiger partial charge in [-0.2, -0.15) is 0 Å². The van der Waals surface area contributed by atoms with Gasteiger partial charge in [0.1, 0.15) is 11.5 Å². The van der Waals surface area contributed by atoms with Gasteiger partial charge in [-0.3, -0.25) is 14.4 Å². The Balaban J connectivity index is 1.39. The summed E-state index contributed by atoms with van der Waals surface area (Å²) in [5.74, 6) is 0.0202. The van der Waals surface area contributed by atoms with Gasteiger partial charge in [-0.15, -0.1) is 0 Å². The third-order valence-corrected chi connectivity index (χ3v) is 5.15. The molecule has 182 valence electrons. The van der Waals surface area contributed by atoms with E-state index in [0.29, 0.717) is 17.1 Å². The summed E-state index contributed by atoms with van der Waals surface area (Å²) >= 11 is 0. The van der Waals surface area contributed by atoms with E-state index in [-0.39, 0.29) is 18.7 Å². The number of hydrogen-bond acceptors (Lipinski definition) is 5. The molecular formula is C28H30N2O5. The number of carbonyl (C=O) groups is 3. The second-order valence-corrected chi connectivity index (χ2v) is 8.53. The topological polar surface area (TPSA) is 93.7 Å². The van der Waals surface area contributed by atoms with Gasteiger partial charge in [0, 0.05) is 17.8 Å². The van der Waals surface area contributed by atoms with Crippen LogP contribution in [0.25, 0.3) is 0 Å². The zero-order chi connectivity index (χ0) is 25.4. The van der Waals surface area contributed by atoms with Crippen LogP contribution >= 0.6 is 0 Å². The Hall–Kier alpha value is -4.13. The summed E-state index contributed by atoms with van der Waals surface area (Å²) in [6.45, 7) is 7.46. The molecule has 0 spiro atoms. The first-order valence-electron chi connectivity index (χ1n) is 11.4. The van der Waals surface area contributed by atoms with Crippen molar-refractivity contribution in [1.29, 1.82) is 0 Å². The number of anilines is 2. The second kappa shape index (κ2) is 11.8. The van der Waals surface area contributed by atoms with Gasteiger partial charge in [0.2, 0.25) is 5.91 Å². The standard InChI is InChI=1S/C28H30N2O5/c1-18-5-10-25(21(4)14-18)30-27(32)17-34-28(33)12-11-26(31)29-22-6-8-23(9-7-22)35-24-15-19(2)13-20(3)16-24/h5-10,13-16H,11-12,17H2,1-4H3,(H,29,31)(H,30,32). The number of aryl methyl sites for hydroxylation is 4.